The van der Waals surface area contributed by atoms with Crippen LogP contribution in [0, 0.1) is 13.8 Å². The third-order valence-corrected chi connectivity index (χ3v) is 7.73. The van der Waals surface area contributed by atoms with Crippen LogP contribution in [0.5, 0.6) is 11.5 Å². The lowest BCUT2D eigenvalue weighted by Gasteiger charge is -2.17. The molecule has 0 fully saturated rings. The van der Waals surface area contributed by atoms with Gasteiger partial charge in [-0.15, -0.1) is 0 Å². The number of carbonyl (C=O) groups is 1. The van der Waals surface area contributed by atoms with Crippen molar-refractivity contribution in [1.29, 1.82) is 0 Å². The molecule has 1 heterocycles. The number of amides is 1. The number of imidazole rings is 1. The molecule has 4 aromatic carbocycles. The molecule has 47 heavy (non-hydrogen) atoms. The third kappa shape index (κ3) is 6.81. The van der Waals surface area contributed by atoms with E-state index in [0.717, 1.165) is 11.1 Å². The van der Waals surface area contributed by atoms with E-state index in [2.05, 4.69) is 0 Å². The minimum Gasteiger partial charge on any atom is -0.496 e. The summed E-state index contributed by atoms with van der Waals surface area (Å²) in [6, 6.07) is 18.1. The Morgan fingerprint density at radius 3 is 1.70 bits per heavy atom. The van der Waals surface area contributed by atoms with Crippen LogP contribution in [-0.2, 0) is 18.9 Å². The molecule has 6 nitrogen and oxygen atoms in total. The summed E-state index contributed by atoms with van der Waals surface area (Å²) in [6.07, 6.45) is -10.1. The van der Waals surface area contributed by atoms with Crippen LogP contribution in [0.3, 0.4) is 0 Å². The summed E-state index contributed by atoms with van der Waals surface area (Å²) in [5.41, 5.74) is 6.25. The van der Waals surface area contributed by atoms with Crippen molar-refractivity contribution in [2.45, 2.75) is 32.7 Å². The normalized spacial score (nSPS) is 11.9. The minimum atomic E-state index is -5.07. The topological polar surface area (TPSA) is 79.4 Å². The molecule has 0 saturated carbocycles. The van der Waals surface area contributed by atoms with Gasteiger partial charge in [0.1, 0.15) is 17.3 Å². The number of rotatable bonds is 8. The van der Waals surface area contributed by atoms with Crippen molar-refractivity contribution in [3.8, 4) is 45.4 Å². The zero-order chi connectivity index (χ0) is 34.3. The zero-order valence-electron chi connectivity index (χ0n) is 25.7. The maximum absolute atomic E-state index is 14.0. The van der Waals surface area contributed by atoms with Gasteiger partial charge >= 0.3 is 12.4 Å². The van der Waals surface area contributed by atoms with Crippen LogP contribution in [0.4, 0.5) is 26.3 Å². The molecule has 0 aliphatic carbocycles. The molecule has 12 heteroatoms. The summed E-state index contributed by atoms with van der Waals surface area (Å²) in [7, 11) is 3.02. The number of ether oxygens (including phenoxy) is 2. The third-order valence-electron chi connectivity index (χ3n) is 7.73. The molecule has 5 rings (SSSR count). The Bertz CT molecular complexity index is 1930. The number of halogens is 6. The summed E-state index contributed by atoms with van der Waals surface area (Å²) in [5.74, 6) is 0.372. The fourth-order valence-electron chi connectivity index (χ4n) is 5.41. The van der Waals surface area contributed by atoms with E-state index in [0.29, 0.717) is 51.7 Å². The standard InChI is InChI=1S/C35H29F6N3O3/c1-19-13-23(9-11-28(19)46-3)30-31(24-10-12-29(47-4)20(2)14-24)44(18-21-5-7-22(8-6-21)32(42)45)33(43-30)25-15-26(34(36,37)38)17-27(16-25)35(39,40)41/h5-17H,18H2,1-4H3,(H2,42,45). The highest BCUT2D eigenvalue weighted by molar-refractivity contribution is 5.92. The van der Waals surface area contributed by atoms with Crippen LogP contribution in [0.25, 0.3) is 33.9 Å². The van der Waals surface area contributed by atoms with Crippen LogP contribution in [0.15, 0.2) is 78.9 Å². The summed E-state index contributed by atoms with van der Waals surface area (Å²) < 4.78 is 96.4. The molecule has 2 N–H and O–H groups in total. The van der Waals surface area contributed by atoms with Crippen molar-refractivity contribution in [3.63, 3.8) is 0 Å². The van der Waals surface area contributed by atoms with E-state index in [9.17, 15) is 31.1 Å². The monoisotopic (exact) mass is 653 g/mol. The van der Waals surface area contributed by atoms with Crippen molar-refractivity contribution >= 4 is 5.91 Å². The maximum atomic E-state index is 14.0. The van der Waals surface area contributed by atoms with Gasteiger partial charge in [0.25, 0.3) is 0 Å². The second-order valence-electron chi connectivity index (χ2n) is 10.9. The van der Waals surface area contributed by atoms with Crippen LogP contribution in [0.2, 0.25) is 0 Å². The number of methoxy groups -OCH3 is 2. The van der Waals surface area contributed by atoms with Gasteiger partial charge in [0.05, 0.1) is 36.7 Å². The molecule has 0 bridgehead atoms. The number of aromatic nitrogens is 2. The SMILES string of the molecule is COc1ccc(-c2nc(-c3cc(C(F)(F)F)cc(C(F)(F)F)c3)n(Cc3ccc(C(N)=O)cc3)c2-c2ccc(OC)c(C)c2)cc1C. The van der Waals surface area contributed by atoms with Crippen LogP contribution >= 0.6 is 0 Å². The number of primary amides is 1. The molecule has 1 amide bonds. The van der Waals surface area contributed by atoms with Gasteiger partial charge in [-0.25, -0.2) is 4.98 Å². The number of alkyl halides is 6. The molecule has 1 aromatic heterocycles. The zero-order valence-corrected chi connectivity index (χ0v) is 25.7. The van der Waals surface area contributed by atoms with E-state index in [1.165, 1.54) is 26.4 Å². The number of nitrogens with two attached hydrogens (primary N) is 1. The van der Waals surface area contributed by atoms with E-state index in [1.807, 2.05) is 6.92 Å². The molecule has 0 aliphatic heterocycles. The second kappa shape index (κ2) is 12.5. The Labute approximate surface area is 266 Å². The summed E-state index contributed by atoms with van der Waals surface area (Å²) in [5, 5.41) is 0. The molecule has 0 radical (unpaired) electrons. The molecule has 5 aromatic rings. The van der Waals surface area contributed by atoms with Crippen molar-refractivity contribution in [1.82, 2.24) is 9.55 Å². The molecule has 0 atom stereocenters. The first kappa shape index (κ1) is 33.1. The van der Waals surface area contributed by atoms with Crippen LogP contribution < -0.4 is 15.2 Å². The number of carbonyl (C=O) groups excluding carboxylic acids is 1. The largest absolute Gasteiger partial charge is 0.496 e. The van der Waals surface area contributed by atoms with Gasteiger partial charge in [0.15, 0.2) is 0 Å². The predicted molar refractivity (Wildman–Crippen MR) is 165 cm³/mol. The Morgan fingerprint density at radius 2 is 1.23 bits per heavy atom. The lowest BCUT2D eigenvalue weighted by Crippen LogP contribution is -2.12. The number of nitrogens with zero attached hydrogens (tertiary/aromatic N) is 2. The van der Waals surface area contributed by atoms with E-state index in [-0.39, 0.29) is 29.6 Å². The fourth-order valence-corrected chi connectivity index (χ4v) is 5.41. The smallest absolute Gasteiger partial charge is 0.416 e. The van der Waals surface area contributed by atoms with Gasteiger partial charge in [-0.3, -0.25) is 4.79 Å². The summed E-state index contributed by atoms with van der Waals surface area (Å²) in [6.45, 7) is 3.58. The van der Waals surface area contributed by atoms with E-state index < -0.39 is 29.4 Å². The van der Waals surface area contributed by atoms with E-state index in [4.69, 9.17) is 20.2 Å². The summed E-state index contributed by atoms with van der Waals surface area (Å²) in [4.78, 5) is 16.5. The molecular weight excluding hydrogens is 624 g/mol. The first-order valence-electron chi connectivity index (χ1n) is 14.2. The van der Waals surface area contributed by atoms with E-state index >= 15 is 0 Å². The van der Waals surface area contributed by atoms with Crippen molar-refractivity contribution < 1.29 is 40.6 Å². The van der Waals surface area contributed by atoms with Gasteiger partial charge in [0.2, 0.25) is 5.91 Å². The van der Waals surface area contributed by atoms with Crippen molar-refractivity contribution in [2.24, 2.45) is 5.73 Å². The van der Waals surface area contributed by atoms with Gasteiger partial charge in [-0.1, -0.05) is 12.1 Å². The number of hydrogen-bond donors (Lipinski definition) is 1. The van der Waals surface area contributed by atoms with Crippen LogP contribution in [-0.4, -0.2) is 29.7 Å². The van der Waals surface area contributed by atoms with Gasteiger partial charge in [-0.05, 0) is 97.3 Å². The molecule has 0 saturated heterocycles. The quantitative estimate of drug-likeness (QED) is 0.170. The first-order chi connectivity index (χ1) is 22.1. The highest BCUT2D eigenvalue weighted by atomic mass is 19.4. The molecule has 0 spiro atoms. The highest BCUT2D eigenvalue weighted by Gasteiger charge is 2.38. The maximum Gasteiger partial charge on any atom is 0.416 e. The Morgan fingerprint density at radius 1 is 0.723 bits per heavy atom. The number of benzene rings is 4. The summed E-state index contributed by atoms with van der Waals surface area (Å²) >= 11 is 0. The second-order valence-corrected chi connectivity index (χ2v) is 10.9. The predicted octanol–water partition coefficient (Wildman–Crippen LogP) is 8.70. The first-order valence-corrected chi connectivity index (χ1v) is 14.2. The highest BCUT2D eigenvalue weighted by Crippen LogP contribution is 2.43. The Balaban J connectivity index is 1.88. The minimum absolute atomic E-state index is 0.0332. The lowest BCUT2D eigenvalue weighted by atomic mass is 10.0. The molecular formula is C35H29F6N3O3. The van der Waals surface area contributed by atoms with Crippen LogP contribution in [0.1, 0.15) is 38.2 Å². The number of hydrogen-bond acceptors (Lipinski definition) is 4. The molecule has 0 unspecified atom stereocenters. The Hall–Kier alpha value is -5.26. The fraction of sp³-hybridized carbons (Fsp3) is 0.200. The average molecular weight is 654 g/mol. The van der Waals surface area contributed by atoms with Gasteiger partial charge in [-0.2, -0.15) is 26.3 Å². The van der Waals surface area contributed by atoms with Gasteiger partial charge in [0, 0.05) is 28.8 Å². The van der Waals surface area contributed by atoms with E-state index in [1.54, 1.807) is 60.0 Å². The lowest BCUT2D eigenvalue weighted by molar-refractivity contribution is -0.143. The van der Waals surface area contributed by atoms with Crippen molar-refractivity contribution in [2.75, 3.05) is 14.2 Å². The average Bonchev–Trinajstić information content (AvgIpc) is 3.39. The van der Waals surface area contributed by atoms with Gasteiger partial charge < -0.3 is 19.8 Å². The molecule has 244 valence electrons. The Kier molecular flexibility index (Phi) is 8.81. The van der Waals surface area contributed by atoms with Crippen molar-refractivity contribution in [3.05, 3.63) is 112 Å². The molecule has 0 aliphatic rings. The number of aryl methyl sites for hydroxylation is 2.